The summed E-state index contributed by atoms with van der Waals surface area (Å²) in [4.78, 5) is 36.5. The van der Waals surface area contributed by atoms with E-state index in [2.05, 4.69) is 10.3 Å². The van der Waals surface area contributed by atoms with E-state index in [-0.39, 0.29) is 24.2 Å². The van der Waals surface area contributed by atoms with Gasteiger partial charge in [0.05, 0.1) is 0 Å². The van der Waals surface area contributed by atoms with Crippen LogP contribution >= 0.6 is 0 Å². The zero-order chi connectivity index (χ0) is 32.7. The summed E-state index contributed by atoms with van der Waals surface area (Å²) in [5.41, 5.74) is -2.37. The molecule has 2 aromatic carbocycles. The first-order chi connectivity index (χ1) is 21.1. The van der Waals surface area contributed by atoms with Gasteiger partial charge in [-0.3, -0.25) is 5.32 Å². The highest BCUT2D eigenvalue weighted by atomic mass is 19.4. The zero-order valence-corrected chi connectivity index (χ0v) is 24.3. The second-order valence-corrected chi connectivity index (χ2v) is 11.6. The van der Waals surface area contributed by atoms with Crippen LogP contribution in [0.15, 0.2) is 57.6 Å². The molecule has 1 amide bonds. The summed E-state index contributed by atoms with van der Waals surface area (Å²) in [7, 11) is 0. The largest absolute Gasteiger partial charge is 0.479 e. The van der Waals surface area contributed by atoms with Gasteiger partial charge in [0.25, 0.3) is 0 Å². The number of nitrogens with zero attached hydrogens (tertiary/aromatic N) is 2. The Kier molecular flexibility index (Phi) is 7.94. The lowest BCUT2D eigenvalue weighted by molar-refractivity contribution is -0.159. The average Bonchev–Trinajstić information content (AvgIpc) is 3.59. The van der Waals surface area contributed by atoms with Gasteiger partial charge in [-0.05, 0) is 57.6 Å². The van der Waals surface area contributed by atoms with Gasteiger partial charge in [-0.1, -0.05) is 58.8 Å². The first kappa shape index (κ1) is 31.3. The number of alkyl halides is 3. The fourth-order valence-corrected chi connectivity index (χ4v) is 5.22. The molecule has 0 saturated heterocycles. The Hall–Kier alpha value is -5.14. The first-order valence-corrected chi connectivity index (χ1v) is 13.8. The Morgan fingerprint density at radius 1 is 0.911 bits per heavy atom. The minimum atomic E-state index is -4.80. The summed E-state index contributed by atoms with van der Waals surface area (Å²) in [6.07, 6.45) is -5.91. The third-order valence-corrected chi connectivity index (χ3v) is 7.32. The highest BCUT2D eigenvalue weighted by Crippen LogP contribution is 2.46. The standard InChI is InChI=1S/C31H28F3N3O8/c1-29(2,3)43-28(42)35-30(26(38)39,27(40)41)14-13-16-9-11-19-18(15-16)10-12-20-22(19)36-45-25(20)23-21(31(32,33)34)24(44-37-23)17-7-5-4-6-8-17/h4-9,11,15H,10,12-14H2,1-3H3,(H,35,42)(H,38,39)(H,40,41). The number of alkyl carbamates (subject to hydrolysis) is 1. The number of carbonyl (C=O) groups is 3. The van der Waals surface area contributed by atoms with E-state index in [1.807, 2.05) is 5.32 Å². The van der Waals surface area contributed by atoms with Crippen molar-refractivity contribution in [1.29, 1.82) is 0 Å². The molecule has 11 nitrogen and oxygen atoms in total. The van der Waals surface area contributed by atoms with Crippen LogP contribution in [0.1, 0.15) is 49.4 Å². The number of hydrogen-bond donors (Lipinski definition) is 3. The average molecular weight is 628 g/mol. The highest BCUT2D eigenvalue weighted by Gasteiger charge is 2.49. The number of rotatable bonds is 8. The molecule has 45 heavy (non-hydrogen) atoms. The summed E-state index contributed by atoms with van der Waals surface area (Å²) in [6, 6.07) is 12.8. The number of benzene rings is 2. The van der Waals surface area contributed by atoms with Crippen LogP contribution in [-0.2, 0) is 39.8 Å². The van der Waals surface area contributed by atoms with E-state index in [4.69, 9.17) is 13.8 Å². The van der Waals surface area contributed by atoms with E-state index in [1.165, 1.54) is 12.1 Å². The normalized spacial score (nSPS) is 13.1. The van der Waals surface area contributed by atoms with Crippen LogP contribution in [-0.4, -0.2) is 49.7 Å². The quantitative estimate of drug-likeness (QED) is 0.193. The molecule has 2 aromatic heterocycles. The molecule has 236 valence electrons. The maximum Gasteiger partial charge on any atom is 0.422 e. The zero-order valence-electron chi connectivity index (χ0n) is 24.3. The molecule has 4 aromatic rings. The van der Waals surface area contributed by atoms with Gasteiger partial charge in [0, 0.05) is 16.7 Å². The van der Waals surface area contributed by atoms with Crippen LogP contribution in [0.25, 0.3) is 34.0 Å². The van der Waals surface area contributed by atoms with E-state index in [0.29, 0.717) is 28.8 Å². The number of halogens is 3. The number of aromatic nitrogens is 2. The maximum atomic E-state index is 14.3. The third-order valence-electron chi connectivity index (χ3n) is 7.32. The van der Waals surface area contributed by atoms with E-state index < -0.39 is 58.8 Å². The lowest BCUT2D eigenvalue weighted by atomic mass is 9.85. The van der Waals surface area contributed by atoms with Crippen LogP contribution < -0.4 is 5.32 Å². The molecular formula is C31H28F3N3O8. The second kappa shape index (κ2) is 11.4. The molecule has 3 N–H and O–H groups in total. The number of ether oxygens (including phenoxy) is 1. The van der Waals surface area contributed by atoms with Gasteiger partial charge in [-0.2, -0.15) is 13.2 Å². The predicted molar refractivity (Wildman–Crippen MR) is 151 cm³/mol. The molecule has 0 saturated carbocycles. The van der Waals surface area contributed by atoms with Crippen molar-refractivity contribution >= 4 is 18.0 Å². The number of hydrogen-bond acceptors (Lipinski definition) is 8. The molecule has 2 heterocycles. The van der Waals surface area contributed by atoms with Crippen molar-refractivity contribution in [3.05, 3.63) is 70.8 Å². The number of fused-ring (bicyclic) bond motifs is 3. The fourth-order valence-electron chi connectivity index (χ4n) is 5.22. The lowest BCUT2D eigenvalue weighted by Crippen LogP contribution is -2.61. The molecule has 0 bridgehead atoms. The van der Waals surface area contributed by atoms with E-state index in [0.717, 1.165) is 5.56 Å². The Bertz CT molecular complexity index is 1760. The fraction of sp³-hybridized carbons (Fsp3) is 0.323. The molecule has 0 fully saturated rings. The highest BCUT2D eigenvalue weighted by molar-refractivity contribution is 6.05. The van der Waals surface area contributed by atoms with Gasteiger partial charge in [0.2, 0.25) is 5.54 Å². The van der Waals surface area contributed by atoms with Gasteiger partial charge < -0.3 is 24.0 Å². The van der Waals surface area contributed by atoms with Crippen molar-refractivity contribution in [3.8, 4) is 34.0 Å². The summed E-state index contributed by atoms with van der Waals surface area (Å²) >= 11 is 0. The molecule has 0 atom stereocenters. The summed E-state index contributed by atoms with van der Waals surface area (Å²) < 4.78 is 58.5. The van der Waals surface area contributed by atoms with Crippen molar-refractivity contribution in [2.24, 2.45) is 0 Å². The Morgan fingerprint density at radius 2 is 1.56 bits per heavy atom. The van der Waals surface area contributed by atoms with Crippen LogP contribution in [0.5, 0.6) is 0 Å². The SMILES string of the molecule is CC(C)(C)OC(=O)NC(CCc1ccc2c(c1)CCc1c-2noc1-c1noc(-c2ccccc2)c1C(F)(F)F)(C(=O)O)C(=O)O. The molecule has 0 spiro atoms. The maximum absolute atomic E-state index is 14.3. The number of carboxylic acids is 2. The summed E-state index contributed by atoms with van der Waals surface area (Å²) in [6.45, 7) is 4.65. The minimum Gasteiger partial charge on any atom is -0.479 e. The van der Waals surface area contributed by atoms with Crippen molar-refractivity contribution in [3.63, 3.8) is 0 Å². The minimum absolute atomic E-state index is 0.0469. The second-order valence-electron chi connectivity index (χ2n) is 11.6. The molecule has 1 aliphatic rings. The molecule has 0 unspecified atom stereocenters. The van der Waals surface area contributed by atoms with Gasteiger partial charge >= 0.3 is 24.2 Å². The van der Waals surface area contributed by atoms with Crippen molar-refractivity contribution in [1.82, 2.24) is 15.6 Å². The molecule has 5 rings (SSSR count). The smallest absolute Gasteiger partial charge is 0.422 e. The van der Waals surface area contributed by atoms with Crippen LogP contribution in [0, 0.1) is 0 Å². The Labute approximate surface area is 254 Å². The van der Waals surface area contributed by atoms with Crippen LogP contribution in [0.3, 0.4) is 0 Å². The first-order valence-electron chi connectivity index (χ1n) is 13.8. The molecule has 0 aliphatic heterocycles. The Morgan fingerprint density at radius 3 is 2.18 bits per heavy atom. The number of carboxylic acid groups (broad SMARTS) is 2. The van der Waals surface area contributed by atoms with Gasteiger partial charge in [0.1, 0.15) is 16.9 Å². The topological polar surface area (TPSA) is 165 Å². The number of carbonyl (C=O) groups excluding carboxylic acids is 1. The Balaban J connectivity index is 1.43. The predicted octanol–water partition coefficient (Wildman–Crippen LogP) is 6.15. The molecular weight excluding hydrogens is 599 g/mol. The van der Waals surface area contributed by atoms with Gasteiger partial charge in [-0.15, -0.1) is 0 Å². The molecule has 0 radical (unpaired) electrons. The van der Waals surface area contributed by atoms with Crippen molar-refractivity contribution < 1.29 is 51.6 Å². The third kappa shape index (κ3) is 6.12. The van der Waals surface area contributed by atoms with Gasteiger partial charge in [-0.25, -0.2) is 14.4 Å². The summed E-state index contributed by atoms with van der Waals surface area (Å²) in [5.74, 6) is -4.12. The van der Waals surface area contributed by atoms with Crippen molar-refractivity contribution in [2.45, 2.75) is 63.8 Å². The lowest BCUT2D eigenvalue weighted by Gasteiger charge is -2.28. The van der Waals surface area contributed by atoms with Crippen LogP contribution in [0.2, 0.25) is 0 Å². The van der Waals surface area contributed by atoms with E-state index in [9.17, 15) is 37.8 Å². The van der Waals surface area contributed by atoms with Crippen molar-refractivity contribution in [2.75, 3.05) is 0 Å². The van der Waals surface area contributed by atoms with E-state index >= 15 is 0 Å². The number of amides is 1. The number of aliphatic carboxylic acids is 2. The van der Waals surface area contributed by atoms with Gasteiger partial charge in [0.15, 0.2) is 17.2 Å². The number of aryl methyl sites for hydroxylation is 2. The summed E-state index contributed by atoms with van der Waals surface area (Å²) in [5, 5.41) is 29.4. The molecule has 14 heteroatoms. The number of nitrogens with one attached hydrogen (secondary N) is 1. The van der Waals surface area contributed by atoms with Crippen LogP contribution in [0.4, 0.5) is 18.0 Å². The monoisotopic (exact) mass is 627 g/mol. The molecule has 1 aliphatic carbocycles. The van der Waals surface area contributed by atoms with E-state index in [1.54, 1.807) is 57.2 Å².